The summed E-state index contributed by atoms with van der Waals surface area (Å²) in [5.41, 5.74) is 0.827. The summed E-state index contributed by atoms with van der Waals surface area (Å²) >= 11 is 11.8. The summed E-state index contributed by atoms with van der Waals surface area (Å²) in [4.78, 5) is 25.5. The van der Waals surface area contributed by atoms with Crippen LogP contribution in [0.2, 0.25) is 10.0 Å². The topological polar surface area (TPSA) is 49.4 Å². The molecule has 0 bridgehead atoms. The molecule has 7 heteroatoms. The third-order valence-corrected chi connectivity index (χ3v) is 4.41. The Morgan fingerprint density at radius 2 is 1.85 bits per heavy atom. The molecule has 0 heterocycles. The smallest absolute Gasteiger partial charge is 0.255 e. The van der Waals surface area contributed by atoms with Crippen LogP contribution in [0, 0.1) is 5.82 Å². The predicted octanol–water partition coefficient (Wildman–Crippen LogP) is 3.95. The molecule has 2 amide bonds. The van der Waals surface area contributed by atoms with Crippen LogP contribution in [0.5, 0.6) is 0 Å². The summed E-state index contributed by atoms with van der Waals surface area (Å²) in [7, 11) is 0. The maximum absolute atomic E-state index is 13.7. The van der Waals surface area contributed by atoms with Crippen molar-refractivity contribution in [2.45, 2.75) is 13.3 Å². The van der Waals surface area contributed by atoms with E-state index in [4.69, 9.17) is 23.2 Å². The molecule has 0 aliphatic heterocycles. The number of benzene rings is 2. The van der Waals surface area contributed by atoms with Crippen molar-refractivity contribution in [1.29, 1.82) is 0 Å². The fraction of sp³-hybridized carbons (Fsp3) is 0.263. The molecule has 2 aromatic carbocycles. The summed E-state index contributed by atoms with van der Waals surface area (Å²) in [6.45, 7) is 2.46. The zero-order valence-electron chi connectivity index (χ0n) is 14.3. The summed E-state index contributed by atoms with van der Waals surface area (Å²) < 4.78 is 13.7. The third kappa shape index (κ3) is 5.71. The molecule has 1 N–H and O–H groups in total. The molecule has 0 aliphatic rings. The summed E-state index contributed by atoms with van der Waals surface area (Å²) in [5.74, 6) is -1.39. The molecular weight excluding hydrogens is 378 g/mol. The number of hydrogen-bond donors (Lipinski definition) is 1. The van der Waals surface area contributed by atoms with E-state index in [-0.39, 0.29) is 23.0 Å². The first-order valence-electron chi connectivity index (χ1n) is 8.10. The van der Waals surface area contributed by atoms with E-state index in [0.717, 1.165) is 5.56 Å². The van der Waals surface area contributed by atoms with Gasteiger partial charge in [-0.2, -0.15) is 0 Å². The van der Waals surface area contributed by atoms with Gasteiger partial charge >= 0.3 is 0 Å². The first kappa shape index (κ1) is 20.2. The largest absolute Gasteiger partial charge is 0.350 e. The SMILES string of the molecule is CC(=O)N(CCNC(=O)c1c(F)cccc1Cl)CCc1cccc(Cl)c1. The molecule has 0 saturated heterocycles. The summed E-state index contributed by atoms with van der Waals surface area (Å²) in [5, 5.41) is 3.29. The molecule has 0 spiro atoms. The highest BCUT2D eigenvalue weighted by Crippen LogP contribution is 2.18. The average molecular weight is 397 g/mol. The number of halogens is 3. The molecule has 0 saturated carbocycles. The van der Waals surface area contributed by atoms with Gasteiger partial charge in [0.1, 0.15) is 5.82 Å². The van der Waals surface area contributed by atoms with Crippen LogP contribution >= 0.6 is 23.2 Å². The molecule has 26 heavy (non-hydrogen) atoms. The van der Waals surface area contributed by atoms with E-state index in [9.17, 15) is 14.0 Å². The van der Waals surface area contributed by atoms with Crippen LogP contribution in [-0.4, -0.2) is 36.3 Å². The van der Waals surface area contributed by atoms with Gasteiger partial charge in [0.2, 0.25) is 5.91 Å². The third-order valence-electron chi connectivity index (χ3n) is 3.86. The normalized spacial score (nSPS) is 10.5. The minimum atomic E-state index is -0.681. The van der Waals surface area contributed by atoms with Gasteiger partial charge in [-0.05, 0) is 36.2 Å². The highest BCUT2D eigenvalue weighted by molar-refractivity contribution is 6.33. The zero-order valence-corrected chi connectivity index (χ0v) is 15.8. The quantitative estimate of drug-likeness (QED) is 0.769. The maximum Gasteiger partial charge on any atom is 0.255 e. The van der Waals surface area contributed by atoms with Gasteiger partial charge in [-0.1, -0.05) is 41.4 Å². The Bertz CT molecular complexity index is 779. The lowest BCUT2D eigenvalue weighted by atomic mass is 10.1. The number of carbonyl (C=O) groups is 2. The van der Waals surface area contributed by atoms with Gasteiger partial charge in [0.15, 0.2) is 0 Å². The lowest BCUT2D eigenvalue weighted by molar-refractivity contribution is -0.128. The lowest BCUT2D eigenvalue weighted by Crippen LogP contribution is -2.38. The Labute approximate surface area is 161 Å². The van der Waals surface area contributed by atoms with Crippen LogP contribution < -0.4 is 5.32 Å². The summed E-state index contributed by atoms with van der Waals surface area (Å²) in [6.07, 6.45) is 0.646. The van der Waals surface area contributed by atoms with E-state index in [1.807, 2.05) is 18.2 Å². The van der Waals surface area contributed by atoms with Crippen molar-refractivity contribution < 1.29 is 14.0 Å². The number of amides is 2. The fourth-order valence-corrected chi connectivity index (χ4v) is 2.95. The van der Waals surface area contributed by atoms with Crippen molar-refractivity contribution in [1.82, 2.24) is 10.2 Å². The van der Waals surface area contributed by atoms with E-state index >= 15 is 0 Å². The Hall–Kier alpha value is -2.11. The minimum absolute atomic E-state index is 0.0480. The highest BCUT2D eigenvalue weighted by Gasteiger charge is 2.16. The van der Waals surface area contributed by atoms with Crippen LogP contribution in [0.1, 0.15) is 22.8 Å². The molecular formula is C19H19Cl2FN2O2. The van der Waals surface area contributed by atoms with Gasteiger partial charge < -0.3 is 10.2 Å². The molecule has 2 aromatic rings. The molecule has 0 aliphatic carbocycles. The van der Waals surface area contributed by atoms with Crippen molar-refractivity contribution in [2.75, 3.05) is 19.6 Å². The molecule has 0 unspecified atom stereocenters. The molecule has 138 valence electrons. The second kappa shape index (κ2) is 9.55. The Morgan fingerprint density at radius 3 is 2.50 bits per heavy atom. The molecule has 0 fully saturated rings. The van der Waals surface area contributed by atoms with Crippen LogP contribution in [0.4, 0.5) is 4.39 Å². The number of carbonyl (C=O) groups excluding carboxylic acids is 2. The maximum atomic E-state index is 13.7. The highest BCUT2D eigenvalue weighted by atomic mass is 35.5. The first-order chi connectivity index (χ1) is 12.4. The second-order valence-electron chi connectivity index (χ2n) is 5.74. The van der Waals surface area contributed by atoms with Gasteiger partial charge in [0, 0.05) is 31.6 Å². The molecule has 0 atom stereocenters. The molecule has 4 nitrogen and oxygen atoms in total. The van der Waals surface area contributed by atoms with Gasteiger partial charge in [0.05, 0.1) is 10.6 Å². The van der Waals surface area contributed by atoms with Crippen LogP contribution in [0.15, 0.2) is 42.5 Å². The second-order valence-corrected chi connectivity index (χ2v) is 6.58. The van der Waals surface area contributed by atoms with E-state index in [2.05, 4.69) is 5.32 Å². The predicted molar refractivity (Wildman–Crippen MR) is 101 cm³/mol. The van der Waals surface area contributed by atoms with Gasteiger partial charge in [-0.25, -0.2) is 4.39 Å². The van der Waals surface area contributed by atoms with Crippen LogP contribution in [0.25, 0.3) is 0 Å². The average Bonchev–Trinajstić information content (AvgIpc) is 2.57. The van der Waals surface area contributed by atoms with Gasteiger partial charge in [-0.15, -0.1) is 0 Å². The Kier molecular flexibility index (Phi) is 7.42. The molecule has 2 rings (SSSR count). The standard InChI is InChI=1S/C19H19Cl2FN2O2/c1-13(25)24(10-8-14-4-2-5-15(20)12-14)11-9-23-19(26)18-16(21)6-3-7-17(18)22/h2-7,12H,8-11H2,1H3,(H,23,26). The van der Waals surface area contributed by atoms with E-state index < -0.39 is 11.7 Å². The first-order valence-corrected chi connectivity index (χ1v) is 8.86. The number of rotatable bonds is 7. The number of nitrogens with one attached hydrogen (secondary N) is 1. The van der Waals surface area contributed by atoms with Crippen molar-refractivity contribution in [2.24, 2.45) is 0 Å². The summed E-state index contributed by atoms with van der Waals surface area (Å²) in [6, 6.07) is 11.5. The Balaban J connectivity index is 1.88. The van der Waals surface area contributed by atoms with Crippen LogP contribution in [-0.2, 0) is 11.2 Å². The van der Waals surface area contributed by atoms with Gasteiger partial charge in [-0.3, -0.25) is 9.59 Å². The van der Waals surface area contributed by atoms with E-state index in [1.165, 1.54) is 25.1 Å². The Morgan fingerprint density at radius 1 is 1.12 bits per heavy atom. The van der Waals surface area contributed by atoms with Gasteiger partial charge in [0.25, 0.3) is 5.91 Å². The van der Waals surface area contributed by atoms with Crippen molar-refractivity contribution in [3.05, 3.63) is 69.5 Å². The number of hydrogen-bond acceptors (Lipinski definition) is 2. The van der Waals surface area contributed by atoms with Crippen molar-refractivity contribution in [3.63, 3.8) is 0 Å². The van der Waals surface area contributed by atoms with Crippen LogP contribution in [0.3, 0.4) is 0 Å². The zero-order chi connectivity index (χ0) is 19.1. The van der Waals surface area contributed by atoms with Crippen molar-refractivity contribution >= 4 is 35.0 Å². The fourth-order valence-electron chi connectivity index (χ4n) is 2.49. The molecule has 0 aromatic heterocycles. The number of nitrogens with zero attached hydrogens (tertiary/aromatic N) is 1. The van der Waals surface area contributed by atoms with E-state index in [1.54, 1.807) is 11.0 Å². The lowest BCUT2D eigenvalue weighted by Gasteiger charge is -2.21. The van der Waals surface area contributed by atoms with E-state index in [0.29, 0.717) is 24.5 Å². The minimum Gasteiger partial charge on any atom is -0.350 e. The van der Waals surface area contributed by atoms with Crippen molar-refractivity contribution in [3.8, 4) is 0 Å². The monoisotopic (exact) mass is 396 g/mol. The molecule has 0 radical (unpaired) electrons.